The molecule has 0 bridgehead atoms. The molecule has 0 atom stereocenters. The van der Waals surface area contributed by atoms with E-state index in [-0.39, 0.29) is 24.1 Å². The van der Waals surface area contributed by atoms with Crippen molar-refractivity contribution in [2.24, 2.45) is 5.10 Å². The molecule has 7 nitrogen and oxygen atoms in total. The number of amides is 1. The number of halogens is 2. The molecule has 162 valence electrons. The van der Waals surface area contributed by atoms with Crippen LogP contribution in [0.1, 0.15) is 16.1 Å². The number of methoxy groups -OCH3 is 1. The van der Waals surface area contributed by atoms with Gasteiger partial charge < -0.3 is 9.47 Å². The first-order valence-corrected chi connectivity index (χ1v) is 11.1. The predicted molar refractivity (Wildman–Crippen MR) is 120 cm³/mol. The molecule has 0 aliphatic rings. The third-order valence-electron chi connectivity index (χ3n) is 3.79. The van der Waals surface area contributed by atoms with Crippen LogP contribution >= 0.6 is 34.7 Å². The summed E-state index contributed by atoms with van der Waals surface area (Å²) in [7, 11) is 1.49. The van der Waals surface area contributed by atoms with E-state index < -0.39 is 0 Å². The molecule has 1 heterocycles. The van der Waals surface area contributed by atoms with Crippen LogP contribution in [0.3, 0.4) is 0 Å². The van der Waals surface area contributed by atoms with Crippen LogP contribution in [0.4, 0.5) is 4.39 Å². The molecule has 3 rings (SSSR count). The fourth-order valence-electron chi connectivity index (χ4n) is 2.37. The number of nitrogens with zero attached hydrogens (tertiary/aromatic N) is 3. The van der Waals surface area contributed by atoms with E-state index in [1.165, 1.54) is 48.6 Å². The average molecular weight is 481 g/mol. The minimum absolute atomic E-state index is 0.173. The van der Waals surface area contributed by atoms with Gasteiger partial charge in [-0.3, -0.25) is 4.79 Å². The monoisotopic (exact) mass is 480 g/mol. The van der Waals surface area contributed by atoms with Crippen molar-refractivity contribution >= 4 is 46.8 Å². The number of thioether (sulfide) groups is 1. The Balaban J connectivity index is 1.57. The summed E-state index contributed by atoms with van der Waals surface area (Å²) in [6.45, 7) is 2.05. The molecule has 0 unspecified atom stereocenters. The minimum atomic E-state index is -0.316. The Kier molecular flexibility index (Phi) is 8.21. The van der Waals surface area contributed by atoms with Crippen molar-refractivity contribution in [2.45, 2.75) is 17.9 Å². The largest absolute Gasteiger partial charge is 0.493 e. The van der Waals surface area contributed by atoms with Gasteiger partial charge in [-0.1, -0.05) is 46.8 Å². The van der Waals surface area contributed by atoms with Crippen LogP contribution in [-0.2, 0) is 11.4 Å². The summed E-state index contributed by atoms with van der Waals surface area (Å²) in [4.78, 5) is 11.9. The van der Waals surface area contributed by atoms with E-state index in [9.17, 15) is 9.18 Å². The summed E-state index contributed by atoms with van der Waals surface area (Å²) in [6, 6.07) is 9.30. The van der Waals surface area contributed by atoms with Crippen molar-refractivity contribution in [1.82, 2.24) is 15.6 Å². The van der Waals surface area contributed by atoms with Crippen LogP contribution < -0.4 is 14.9 Å². The van der Waals surface area contributed by atoms with Gasteiger partial charge in [0.05, 0.1) is 24.1 Å². The second kappa shape index (κ2) is 11.1. The molecule has 0 radical (unpaired) electrons. The van der Waals surface area contributed by atoms with E-state index in [4.69, 9.17) is 21.1 Å². The van der Waals surface area contributed by atoms with Gasteiger partial charge in [0.15, 0.2) is 15.8 Å². The maximum atomic E-state index is 13.0. The number of benzene rings is 2. The van der Waals surface area contributed by atoms with Crippen molar-refractivity contribution in [3.8, 4) is 11.5 Å². The fraction of sp³-hybridized carbons (Fsp3) is 0.200. The van der Waals surface area contributed by atoms with Gasteiger partial charge in [0.2, 0.25) is 0 Å². The summed E-state index contributed by atoms with van der Waals surface area (Å²) < 4.78 is 24.9. The molecular formula is C20H18ClFN4O3S2. The molecule has 0 aliphatic carbocycles. The number of carbonyl (C=O) groups excluding carboxylic acids is 1. The molecule has 3 aromatic rings. The van der Waals surface area contributed by atoms with Gasteiger partial charge in [-0.15, -0.1) is 10.2 Å². The highest BCUT2D eigenvalue weighted by atomic mass is 35.5. The van der Waals surface area contributed by atoms with Crippen molar-refractivity contribution in [2.75, 3.05) is 12.9 Å². The molecule has 2 aromatic carbocycles. The van der Waals surface area contributed by atoms with Gasteiger partial charge in [-0.25, -0.2) is 9.82 Å². The lowest BCUT2D eigenvalue weighted by atomic mass is 10.2. The molecular weight excluding hydrogens is 463 g/mol. The van der Waals surface area contributed by atoms with Crippen molar-refractivity contribution < 1.29 is 18.7 Å². The van der Waals surface area contributed by atoms with Crippen LogP contribution in [-0.4, -0.2) is 35.2 Å². The molecule has 1 aromatic heterocycles. The second-order valence-corrected chi connectivity index (χ2v) is 8.93. The van der Waals surface area contributed by atoms with Crippen LogP contribution in [0.5, 0.6) is 11.5 Å². The summed E-state index contributed by atoms with van der Waals surface area (Å²) in [5.41, 5.74) is 3.85. The summed E-state index contributed by atoms with van der Waals surface area (Å²) >= 11 is 9.05. The maximum absolute atomic E-state index is 13.0. The first-order valence-electron chi connectivity index (χ1n) is 8.94. The topological polar surface area (TPSA) is 85.7 Å². The predicted octanol–water partition coefficient (Wildman–Crippen LogP) is 4.47. The Labute approximate surface area is 191 Å². The third-order valence-corrected chi connectivity index (χ3v) is 6.04. The first-order chi connectivity index (χ1) is 14.9. The van der Waals surface area contributed by atoms with Crippen molar-refractivity contribution in [3.05, 3.63) is 63.4 Å². The molecule has 0 spiro atoms. The smallest absolute Gasteiger partial charge is 0.250 e. The number of hydrazone groups is 1. The third kappa shape index (κ3) is 6.91. The van der Waals surface area contributed by atoms with Gasteiger partial charge in [-0.2, -0.15) is 5.10 Å². The highest BCUT2D eigenvalue weighted by molar-refractivity contribution is 8.01. The number of nitrogens with one attached hydrogen (secondary N) is 1. The Hall–Kier alpha value is -2.69. The Morgan fingerprint density at radius 3 is 2.77 bits per heavy atom. The van der Waals surface area contributed by atoms with Gasteiger partial charge in [0.1, 0.15) is 17.4 Å². The van der Waals surface area contributed by atoms with Crippen molar-refractivity contribution in [3.63, 3.8) is 0 Å². The van der Waals surface area contributed by atoms with E-state index in [0.29, 0.717) is 22.1 Å². The molecule has 1 amide bonds. The van der Waals surface area contributed by atoms with E-state index in [2.05, 4.69) is 20.7 Å². The molecule has 31 heavy (non-hydrogen) atoms. The lowest BCUT2D eigenvalue weighted by Gasteiger charge is -2.13. The van der Waals surface area contributed by atoms with E-state index in [0.717, 1.165) is 14.9 Å². The number of ether oxygens (including phenoxy) is 2. The van der Waals surface area contributed by atoms with Gasteiger partial charge in [-0.05, 0) is 42.3 Å². The zero-order valence-corrected chi connectivity index (χ0v) is 19.0. The van der Waals surface area contributed by atoms with Crippen molar-refractivity contribution in [1.29, 1.82) is 0 Å². The Morgan fingerprint density at radius 2 is 2.10 bits per heavy atom. The number of rotatable bonds is 9. The standard InChI is InChI=1S/C20H18ClFN4O3S2/c1-12-24-26-20(31-12)30-11-18(27)25-23-9-14-7-16(21)19(17(8-14)28-2)29-10-13-3-5-15(22)6-4-13/h3-9H,10-11H2,1-2H3,(H,25,27)/b23-9+. The molecule has 0 saturated carbocycles. The van der Waals surface area contributed by atoms with Crippen LogP contribution in [0.15, 0.2) is 45.8 Å². The van der Waals surface area contributed by atoms with E-state index >= 15 is 0 Å². The lowest BCUT2D eigenvalue weighted by molar-refractivity contribution is -0.118. The summed E-state index contributed by atoms with van der Waals surface area (Å²) in [5.74, 6) is 0.352. The highest BCUT2D eigenvalue weighted by Gasteiger charge is 2.12. The summed E-state index contributed by atoms with van der Waals surface area (Å²) in [6.07, 6.45) is 1.45. The first kappa shape index (κ1) is 23.0. The number of aromatic nitrogens is 2. The minimum Gasteiger partial charge on any atom is -0.493 e. The van der Waals surface area contributed by atoms with Crippen LogP contribution in [0.25, 0.3) is 0 Å². The van der Waals surface area contributed by atoms with E-state index in [1.807, 2.05) is 6.92 Å². The second-order valence-electron chi connectivity index (χ2n) is 6.12. The quantitative estimate of drug-likeness (QED) is 0.276. The number of hydrogen-bond donors (Lipinski definition) is 1. The zero-order chi connectivity index (χ0) is 22.2. The molecule has 0 saturated heterocycles. The van der Waals surface area contributed by atoms with E-state index in [1.54, 1.807) is 24.3 Å². The SMILES string of the molecule is COc1cc(/C=N/NC(=O)CSc2nnc(C)s2)cc(Cl)c1OCc1ccc(F)cc1. The van der Waals surface area contributed by atoms with Gasteiger partial charge in [0, 0.05) is 0 Å². The lowest BCUT2D eigenvalue weighted by Crippen LogP contribution is -2.19. The maximum Gasteiger partial charge on any atom is 0.250 e. The molecule has 0 fully saturated rings. The Morgan fingerprint density at radius 1 is 1.32 bits per heavy atom. The number of aryl methyl sites for hydroxylation is 1. The number of carbonyl (C=O) groups is 1. The number of hydrogen-bond acceptors (Lipinski definition) is 8. The normalized spacial score (nSPS) is 11.0. The van der Waals surface area contributed by atoms with Crippen LogP contribution in [0, 0.1) is 12.7 Å². The van der Waals surface area contributed by atoms with Gasteiger partial charge >= 0.3 is 0 Å². The Bertz CT molecular complexity index is 1080. The molecule has 0 aliphatic heterocycles. The molecule has 11 heteroatoms. The van der Waals surface area contributed by atoms with Gasteiger partial charge in [0.25, 0.3) is 5.91 Å². The average Bonchev–Trinajstić information content (AvgIpc) is 3.17. The highest BCUT2D eigenvalue weighted by Crippen LogP contribution is 2.36. The van der Waals surface area contributed by atoms with Crippen LogP contribution in [0.2, 0.25) is 5.02 Å². The summed E-state index contributed by atoms with van der Waals surface area (Å²) in [5, 5.41) is 13.0. The zero-order valence-electron chi connectivity index (χ0n) is 16.6. The molecule has 1 N–H and O–H groups in total. The fourth-order valence-corrected chi connectivity index (χ4v) is 4.25.